The topological polar surface area (TPSA) is 75.7 Å². The molecule has 0 aromatic heterocycles. The van der Waals surface area contributed by atoms with Crippen LogP contribution in [0.3, 0.4) is 0 Å². The standard InChI is InChI=1S/C16H15FN2O4S/c1-11-10-14(6-7-15(11)17)24(21,22)18-12-2-4-13(5-3-12)19-8-9-23-16(19)20/h2-7,10,18H,8-9H2,1H3. The molecule has 3 rings (SSSR count). The number of anilines is 2. The highest BCUT2D eigenvalue weighted by molar-refractivity contribution is 7.92. The molecule has 6 nitrogen and oxygen atoms in total. The second-order valence-electron chi connectivity index (χ2n) is 5.33. The third kappa shape index (κ3) is 3.18. The second kappa shape index (κ2) is 6.12. The summed E-state index contributed by atoms with van der Waals surface area (Å²) >= 11 is 0. The van der Waals surface area contributed by atoms with Gasteiger partial charge in [0.15, 0.2) is 0 Å². The molecule has 0 spiro atoms. The number of sulfonamides is 1. The Morgan fingerprint density at radius 2 is 1.88 bits per heavy atom. The van der Waals surface area contributed by atoms with Crippen molar-refractivity contribution in [2.24, 2.45) is 0 Å². The van der Waals surface area contributed by atoms with Crippen molar-refractivity contribution in [1.82, 2.24) is 0 Å². The SMILES string of the molecule is Cc1cc(S(=O)(=O)Nc2ccc(N3CCOC3=O)cc2)ccc1F. The highest BCUT2D eigenvalue weighted by Gasteiger charge is 2.23. The van der Waals surface area contributed by atoms with Gasteiger partial charge in [-0.1, -0.05) is 0 Å². The van der Waals surface area contributed by atoms with Gasteiger partial charge in [0.1, 0.15) is 12.4 Å². The second-order valence-corrected chi connectivity index (χ2v) is 7.01. The van der Waals surface area contributed by atoms with Gasteiger partial charge in [-0.25, -0.2) is 17.6 Å². The largest absolute Gasteiger partial charge is 0.447 e. The van der Waals surface area contributed by atoms with Crippen molar-refractivity contribution in [3.8, 4) is 0 Å². The fourth-order valence-electron chi connectivity index (χ4n) is 2.34. The Bertz CT molecular complexity index is 881. The van der Waals surface area contributed by atoms with Crippen molar-refractivity contribution < 1.29 is 22.3 Å². The number of aryl methyl sites for hydroxylation is 1. The van der Waals surface area contributed by atoms with Gasteiger partial charge in [-0.2, -0.15) is 0 Å². The van der Waals surface area contributed by atoms with Crippen LogP contribution in [0.25, 0.3) is 0 Å². The number of ether oxygens (including phenoxy) is 1. The summed E-state index contributed by atoms with van der Waals surface area (Å²) in [7, 11) is -3.82. The minimum atomic E-state index is -3.82. The highest BCUT2D eigenvalue weighted by Crippen LogP contribution is 2.23. The summed E-state index contributed by atoms with van der Waals surface area (Å²) < 4.78 is 45.2. The summed E-state index contributed by atoms with van der Waals surface area (Å²) in [6.07, 6.45) is -0.426. The van der Waals surface area contributed by atoms with E-state index in [0.717, 1.165) is 6.07 Å². The molecule has 0 unspecified atom stereocenters. The number of benzene rings is 2. The fourth-order valence-corrected chi connectivity index (χ4v) is 3.48. The number of nitrogens with one attached hydrogen (secondary N) is 1. The zero-order chi connectivity index (χ0) is 17.3. The Balaban J connectivity index is 1.80. The number of amides is 1. The maximum absolute atomic E-state index is 13.3. The number of carbonyl (C=O) groups excluding carboxylic acids is 1. The summed E-state index contributed by atoms with van der Waals surface area (Å²) in [5.74, 6) is -0.462. The lowest BCUT2D eigenvalue weighted by molar-refractivity contribution is 0.181. The number of cyclic esters (lactones) is 1. The smallest absolute Gasteiger partial charge is 0.414 e. The van der Waals surface area contributed by atoms with Gasteiger partial charge in [0.2, 0.25) is 0 Å². The van der Waals surface area contributed by atoms with Crippen LogP contribution in [0, 0.1) is 12.7 Å². The first-order valence-electron chi connectivity index (χ1n) is 7.20. The molecule has 1 heterocycles. The average Bonchev–Trinajstić information content (AvgIpc) is 2.96. The van der Waals surface area contributed by atoms with Crippen molar-refractivity contribution in [2.75, 3.05) is 22.8 Å². The molecular formula is C16H15FN2O4S. The molecule has 0 bridgehead atoms. The normalized spacial score (nSPS) is 14.6. The molecule has 1 aliphatic rings. The summed E-state index contributed by atoms with van der Waals surface area (Å²) in [6.45, 7) is 2.29. The van der Waals surface area contributed by atoms with Crippen LogP contribution in [-0.4, -0.2) is 27.7 Å². The maximum atomic E-state index is 13.3. The van der Waals surface area contributed by atoms with E-state index in [0.29, 0.717) is 24.5 Å². The minimum Gasteiger partial charge on any atom is -0.447 e. The number of halogens is 1. The highest BCUT2D eigenvalue weighted by atomic mass is 32.2. The number of nitrogens with zero attached hydrogens (tertiary/aromatic N) is 1. The number of hydrogen-bond acceptors (Lipinski definition) is 4. The lowest BCUT2D eigenvalue weighted by atomic mass is 10.2. The summed E-state index contributed by atoms with van der Waals surface area (Å²) in [5, 5.41) is 0. The average molecular weight is 350 g/mol. The predicted octanol–water partition coefficient (Wildman–Crippen LogP) is 2.89. The zero-order valence-electron chi connectivity index (χ0n) is 12.8. The molecule has 24 heavy (non-hydrogen) atoms. The van der Waals surface area contributed by atoms with E-state index >= 15 is 0 Å². The molecule has 1 fully saturated rings. The number of carbonyl (C=O) groups is 1. The van der Waals surface area contributed by atoms with E-state index in [1.807, 2.05) is 0 Å². The monoisotopic (exact) mass is 350 g/mol. The van der Waals surface area contributed by atoms with Crippen molar-refractivity contribution in [3.05, 3.63) is 53.8 Å². The molecular weight excluding hydrogens is 335 g/mol. The van der Waals surface area contributed by atoms with Crippen LogP contribution in [0.15, 0.2) is 47.4 Å². The number of rotatable bonds is 4. The zero-order valence-corrected chi connectivity index (χ0v) is 13.6. The van der Waals surface area contributed by atoms with Crippen molar-refractivity contribution in [1.29, 1.82) is 0 Å². The van der Waals surface area contributed by atoms with E-state index < -0.39 is 21.9 Å². The van der Waals surface area contributed by atoms with Crippen LogP contribution in [0.5, 0.6) is 0 Å². The van der Waals surface area contributed by atoms with Crippen molar-refractivity contribution in [2.45, 2.75) is 11.8 Å². The summed E-state index contributed by atoms with van der Waals surface area (Å²) in [4.78, 5) is 12.9. The van der Waals surface area contributed by atoms with Crippen LogP contribution in [0.1, 0.15) is 5.56 Å². The van der Waals surface area contributed by atoms with Crippen LogP contribution in [0.4, 0.5) is 20.6 Å². The summed E-state index contributed by atoms with van der Waals surface area (Å²) in [6, 6.07) is 9.95. The van der Waals surface area contributed by atoms with Gasteiger partial charge in [-0.05, 0) is 55.0 Å². The van der Waals surface area contributed by atoms with E-state index in [1.54, 1.807) is 24.3 Å². The quantitative estimate of drug-likeness (QED) is 0.920. The van der Waals surface area contributed by atoms with Crippen LogP contribution >= 0.6 is 0 Å². The van der Waals surface area contributed by atoms with E-state index in [-0.39, 0.29) is 10.5 Å². The van der Waals surface area contributed by atoms with E-state index in [1.165, 1.54) is 24.0 Å². The first-order chi connectivity index (χ1) is 11.4. The summed E-state index contributed by atoms with van der Waals surface area (Å²) in [5.41, 5.74) is 1.21. The molecule has 1 saturated heterocycles. The van der Waals surface area contributed by atoms with Gasteiger partial charge in [0.05, 0.1) is 11.4 Å². The Kier molecular flexibility index (Phi) is 4.15. The van der Waals surface area contributed by atoms with Crippen molar-refractivity contribution >= 4 is 27.5 Å². The molecule has 8 heteroatoms. The maximum Gasteiger partial charge on any atom is 0.414 e. The van der Waals surface area contributed by atoms with Crippen LogP contribution < -0.4 is 9.62 Å². The molecule has 2 aromatic rings. The first-order valence-corrected chi connectivity index (χ1v) is 8.68. The number of hydrogen-bond donors (Lipinski definition) is 1. The third-order valence-corrected chi connectivity index (χ3v) is 5.01. The Morgan fingerprint density at radius 1 is 1.17 bits per heavy atom. The third-order valence-electron chi connectivity index (χ3n) is 3.63. The lowest BCUT2D eigenvalue weighted by Crippen LogP contribution is -2.23. The Labute approximate surface area is 138 Å². The molecule has 1 aliphatic heterocycles. The fraction of sp³-hybridized carbons (Fsp3) is 0.188. The van der Waals surface area contributed by atoms with Gasteiger partial charge in [0.25, 0.3) is 10.0 Å². The van der Waals surface area contributed by atoms with Crippen molar-refractivity contribution in [3.63, 3.8) is 0 Å². The minimum absolute atomic E-state index is 0.0198. The van der Waals surface area contributed by atoms with Gasteiger partial charge < -0.3 is 4.74 Å². The molecule has 1 N–H and O–H groups in total. The van der Waals surface area contributed by atoms with Gasteiger partial charge in [0, 0.05) is 11.4 Å². The Hall–Kier alpha value is -2.61. The van der Waals surface area contributed by atoms with Crippen LogP contribution in [-0.2, 0) is 14.8 Å². The van der Waals surface area contributed by atoms with E-state index in [4.69, 9.17) is 4.74 Å². The Morgan fingerprint density at radius 3 is 2.46 bits per heavy atom. The van der Waals surface area contributed by atoms with Crippen LogP contribution in [0.2, 0.25) is 0 Å². The first kappa shape index (κ1) is 16.3. The van der Waals surface area contributed by atoms with Gasteiger partial charge in [-0.3, -0.25) is 9.62 Å². The molecule has 0 radical (unpaired) electrons. The molecule has 126 valence electrons. The molecule has 0 aliphatic carbocycles. The van der Waals surface area contributed by atoms with E-state index in [2.05, 4.69) is 4.72 Å². The molecule has 0 saturated carbocycles. The molecule has 0 atom stereocenters. The van der Waals surface area contributed by atoms with E-state index in [9.17, 15) is 17.6 Å². The predicted molar refractivity (Wildman–Crippen MR) is 87.1 cm³/mol. The van der Waals surface area contributed by atoms with Gasteiger partial charge >= 0.3 is 6.09 Å². The molecule has 2 aromatic carbocycles. The van der Waals surface area contributed by atoms with Gasteiger partial charge in [-0.15, -0.1) is 0 Å². The lowest BCUT2D eigenvalue weighted by Gasteiger charge is -2.14. The molecule has 1 amide bonds.